The van der Waals surface area contributed by atoms with Gasteiger partial charge in [0.05, 0.1) is 19.9 Å². The summed E-state index contributed by atoms with van der Waals surface area (Å²) in [7, 11) is 3.19. The van der Waals surface area contributed by atoms with Gasteiger partial charge in [-0.15, -0.1) is 10.2 Å². The lowest BCUT2D eigenvalue weighted by Gasteiger charge is -2.09. The molecule has 0 aliphatic heterocycles. The molecule has 0 radical (unpaired) electrons. The Morgan fingerprint density at radius 1 is 1.00 bits per heavy atom. The second-order valence-corrected chi connectivity index (χ2v) is 3.52. The Hall–Kier alpha value is -2.34. The first-order chi connectivity index (χ1) is 8.78. The molecule has 0 bridgehead atoms. The quantitative estimate of drug-likeness (QED) is 0.627. The molecule has 0 atom stereocenters. The highest BCUT2D eigenvalue weighted by molar-refractivity contribution is 5.64. The Morgan fingerprint density at radius 2 is 1.78 bits per heavy atom. The molecule has 0 aliphatic rings. The average molecular weight is 246 g/mol. The minimum Gasteiger partial charge on any atom is -0.493 e. The van der Waals surface area contributed by atoms with Gasteiger partial charge in [0.25, 0.3) is 0 Å². The van der Waals surface area contributed by atoms with Gasteiger partial charge in [-0.1, -0.05) is 0 Å². The van der Waals surface area contributed by atoms with E-state index in [-0.39, 0.29) is 0 Å². The number of hydrogen-bond donors (Lipinski definition) is 2. The van der Waals surface area contributed by atoms with Gasteiger partial charge in [0.15, 0.2) is 17.3 Å². The number of hydrazine groups is 1. The van der Waals surface area contributed by atoms with E-state index in [1.165, 1.54) is 0 Å². The maximum absolute atomic E-state index is 5.24. The Balaban J connectivity index is 2.37. The summed E-state index contributed by atoms with van der Waals surface area (Å²) in [5, 5.41) is 7.98. The van der Waals surface area contributed by atoms with E-state index < -0.39 is 0 Å². The molecule has 1 heterocycles. The fourth-order valence-electron chi connectivity index (χ4n) is 1.56. The predicted octanol–water partition coefficient (Wildman–Crippen LogP) is 1.45. The second-order valence-electron chi connectivity index (χ2n) is 3.52. The van der Waals surface area contributed by atoms with E-state index >= 15 is 0 Å². The summed E-state index contributed by atoms with van der Waals surface area (Å²) < 4.78 is 10.4. The summed E-state index contributed by atoms with van der Waals surface area (Å²) in [6, 6.07) is 9.13. The van der Waals surface area contributed by atoms with Crippen LogP contribution in [0.1, 0.15) is 0 Å². The van der Waals surface area contributed by atoms with E-state index in [0.717, 1.165) is 11.3 Å². The number of nitrogens with one attached hydrogen (secondary N) is 1. The molecule has 0 saturated carbocycles. The number of aromatic nitrogens is 2. The van der Waals surface area contributed by atoms with Crippen LogP contribution in [0.4, 0.5) is 5.82 Å². The lowest BCUT2D eigenvalue weighted by Crippen LogP contribution is -2.09. The molecular weight excluding hydrogens is 232 g/mol. The molecule has 1 aromatic carbocycles. The van der Waals surface area contributed by atoms with Crippen molar-refractivity contribution in [2.24, 2.45) is 5.84 Å². The van der Waals surface area contributed by atoms with Crippen molar-refractivity contribution >= 4 is 5.82 Å². The van der Waals surface area contributed by atoms with Gasteiger partial charge < -0.3 is 14.9 Å². The van der Waals surface area contributed by atoms with Crippen LogP contribution in [0.2, 0.25) is 0 Å². The Morgan fingerprint density at radius 3 is 2.33 bits per heavy atom. The number of benzene rings is 1. The van der Waals surface area contributed by atoms with Crippen molar-refractivity contribution in [3.63, 3.8) is 0 Å². The van der Waals surface area contributed by atoms with Gasteiger partial charge in [-0.05, 0) is 30.3 Å². The third kappa shape index (κ3) is 2.33. The molecule has 2 aromatic rings. The van der Waals surface area contributed by atoms with E-state index in [4.69, 9.17) is 15.3 Å². The molecule has 94 valence electrons. The van der Waals surface area contributed by atoms with Crippen LogP contribution in [0.5, 0.6) is 11.5 Å². The van der Waals surface area contributed by atoms with Crippen LogP contribution in [0.3, 0.4) is 0 Å². The van der Waals surface area contributed by atoms with Gasteiger partial charge in [-0.25, -0.2) is 5.84 Å². The number of anilines is 1. The number of rotatable bonds is 4. The van der Waals surface area contributed by atoms with Gasteiger partial charge >= 0.3 is 0 Å². The first-order valence-electron chi connectivity index (χ1n) is 5.31. The third-order valence-corrected chi connectivity index (χ3v) is 2.49. The number of nitrogens with zero attached hydrogens (tertiary/aromatic N) is 2. The lowest BCUT2D eigenvalue weighted by molar-refractivity contribution is 0.355. The molecule has 0 unspecified atom stereocenters. The molecule has 6 heteroatoms. The highest BCUT2D eigenvalue weighted by atomic mass is 16.5. The maximum Gasteiger partial charge on any atom is 0.162 e. The molecular formula is C12H14N4O2. The molecule has 1 aromatic heterocycles. The molecule has 0 aliphatic carbocycles. The minimum absolute atomic E-state index is 0.513. The zero-order valence-electron chi connectivity index (χ0n) is 10.2. The van der Waals surface area contributed by atoms with Crippen LogP contribution in [0.25, 0.3) is 11.3 Å². The zero-order valence-corrected chi connectivity index (χ0v) is 10.2. The predicted molar refractivity (Wildman–Crippen MR) is 68.4 cm³/mol. The number of hydrogen-bond acceptors (Lipinski definition) is 6. The first-order valence-corrected chi connectivity index (χ1v) is 5.31. The standard InChI is InChI=1S/C12H14N4O2/c1-17-10-5-3-8(7-11(10)18-2)9-4-6-12(14-13)16-15-9/h3-7H,13H2,1-2H3,(H,14,16). The van der Waals surface area contributed by atoms with Gasteiger partial charge in [0, 0.05) is 5.56 Å². The summed E-state index contributed by atoms with van der Waals surface area (Å²) in [5.74, 6) is 7.07. The van der Waals surface area contributed by atoms with E-state index in [1.54, 1.807) is 20.3 Å². The summed E-state index contributed by atoms with van der Waals surface area (Å²) in [4.78, 5) is 0. The monoisotopic (exact) mass is 246 g/mol. The molecule has 0 fully saturated rings. The van der Waals surface area contributed by atoms with Gasteiger partial charge in [-0.2, -0.15) is 0 Å². The second kappa shape index (κ2) is 5.33. The van der Waals surface area contributed by atoms with E-state index in [0.29, 0.717) is 17.3 Å². The number of nitrogens with two attached hydrogens (primary N) is 1. The van der Waals surface area contributed by atoms with Crippen LogP contribution in [-0.2, 0) is 0 Å². The highest BCUT2D eigenvalue weighted by Crippen LogP contribution is 2.31. The van der Waals surface area contributed by atoms with Crippen molar-refractivity contribution in [2.45, 2.75) is 0 Å². The Kier molecular flexibility index (Phi) is 3.59. The van der Waals surface area contributed by atoms with Crippen LogP contribution in [0.15, 0.2) is 30.3 Å². The van der Waals surface area contributed by atoms with Crippen molar-refractivity contribution in [3.05, 3.63) is 30.3 Å². The minimum atomic E-state index is 0.513. The van der Waals surface area contributed by atoms with Crippen molar-refractivity contribution in [1.82, 2.24) is 10.2 Å². The van der Waals surface area contributed by atoms with Gasteiger partial charge in [0.1, 0.15) is 0 Å². The largest absolute Gasteiger partial charge is 0.493 e. The fraction of sp³-hybridized carbons (Fsp3) is 0.167. The first kappa shape index (κ1) is 12.1. The molecule has 18 heavy (non-hydrogen) atoms. The highest BCUT2D eigenvalue weighted by Gasteiger charge is 2.07. The Bertz CT molecular complexity index is 528. The normalized spacial score (nSPS) is 9.94. The number of nitrogen functional groups attached to an aromatic ring is 1. The average Bonchev–Trinajstić information content (AvgIpc) is 2.46. The summed E-state index contributed by atoms with van der Waals surface area (Å²) in [6.45, 7) is 0. The molecule has 0 amide bonds. The van der Waals surface area contributed by atoms with Crippen LogP contribution in [0, 0.1) is 0 Å². The topological polar surface area (TPSA) is 82.3 Å². The van der Waals surface area contributed by atoms with E-state index in [2.05, 4.69) is 15.6 Å². The van der Waals surface area contributed by atoms with Crippen molar-refractivity contribution < 1.29 is 9.47 Å². The van der Waals surface area contributed by atoms with Gasteiger partial charge in [-0.3, -0.25) is 0 Å². The van der Waals surface area contributed by atoms with Crippen LogP contribution < -0.4 is 20.7 Å². The molecule has 0 spiro atoms. The van der Waals surface area contributed by atoms with Crippen LogP contribution >= 0.6 is 0 Å². The molecule has 6 nitrogen and oxygen atoms in total. The van der Waals surface area contributed by atoms with Gasteiger partial charge in [0.2, 0.25) is 0 Å². The molecule has 2 rings (SSSR count). The molecule has 3 N–H and O–H groups in total. The number of methoxy groups -OCH3 is 2. The van der Waals surface area contributed by atoms with E-state index in [9.17, 15) is 0 Å². The van der Waals surface area contributed by atoms with E-state index in [1.807, 2.05) is 24.3 Å². The summed E-state index contributed by atoms with van der Waals surface area (Å²) in [6.07, 6.45) is 0. The molecule has 0 saturated heterocycles. The van der Waals surface area contributed by atoms with Crippen molar-refractivity contribution in [1.29, 1.82) is 0 Å². The van der Waals surface area contributed by atoms with Crippen LogP contribution in [-0.4, -0.2) is 24.4 Å². The van der Waals surface area contributed by atoms with Crippen molar-refractivity contribution in [2.75, 3.05) is 19.6 Å². The summed E-state index contributed by atoms with van der Waals surface area (Å²) in [5.41, 5.74) is 4.05. The zero-order chi connectivity index (χ0) is 13.0. The SMILES string of the molecule is COc1ccc(-c2ccc(NN)nn2)cc1OC. The maximum atomic E-state index is 5.24. The smallest absolute Gasteiger partial charge is 0.162 e. The lowest BCUT2D eigenvalue weighted by atomic mass is 10.1. The fourth-order valence-corrected chi connectivity index (χ4v) is 1.56. The Labute approximate surface area is 105 Å². The summed E-state index contributed by atoms with van der Waals surface area (Å²) >= 11 is 0. The van der Waals surface area contributed by atoms with Crippen molar-refractivity contribution in [3.8, 4) is 22.8 Å². The number of ether oxygens (including phenoxy) is 2. The third-order valence-electron chi connectivity index (χ3n) is 2.49.